The number of carbonyl (C=O) groups excluding carboxylic acids is 1. The van der Waals surface area contributed by atoms with Gasteiger partial charge in [-0.2, -0.15) is 0 Å². The van der Waals surface area contributed by atoms with E-state index in [1.807, 2.05) is 0 Å². The van der Waals surface area contributed by atoms with E-state index < -0.39 is 11.7 Å². The molecule has 0 radical (unpaired) electrons. The van der Waals surface area contributed by atoms with E-state index in [2.05, 4.69) is 10.3 Å². The van der Waals surface area contributed by atoms with Gasteiger partial charge in [0.1, 0.15) is 16.7 Å². The Morgan fingerprint density at radius 3 is 2.89 bits per heavy atom. The van der Waals surface area contributed by atoms with Gasteiger partial charge in [0.15, 0.2) is 0 Å². The van der Waals surface area contributed by atoms with Gasteiger partial charge in [0.25, 0.3) is 5.91 Å². The number of hydrogen-bond donors (Lipinski definition) is 1. The number of aromatic nitrogens is 1. The summed E-state index contributed by atoms with van der Waals surface area (Å²) < 4.78 is 18.5. The van der Waals surface area contributed by atoms with Gasteiger partial charge in [0, 0.05) is 12.3 Å². The molecule has 1 aromatic carbocycles. The van der Waals surface area contributed by atoms with Gasteiger partial charge in [0.05, 0.1) is 18.4 Å². The third-order valence-corrected chi connectivity index (χ3v) is 2.73. The fourth-order valence-corrected chi connectivity index (χ4v) is 1.68. The van der Waals surface area contributed by atoms with Gasteiger partial charge < -0.3 is 10.1 Å². The number of benzene rings is 1. The van der Waals surface area contributed by atoms with Crippen LogP contribution in [-0.2, 0) is 0 Å². The Hall–Kier alpha value is -2.14. The number of halogens is 2. The van der Waals surface area contributed by atoms with Crippen molar-refractivity contribution in [1.29, 1.82) is 0 Å². The van der Waals surface area contributed by atoms with E-state index in [1.54, 1.807) is 6.07 Å². The molecular weight excluding hydrogens is 271 g/mol. The van der Waals surface area contributed by atoms with E-state index in [-0.39, 0.29) is 16.4 Å². The van der Waals surface area contributed by atoms with Crippen molar-refractivity contribution in [3.8, 4) is 5.75 Å². The third kappa shape index (κ3) is 3.00. The van der Waals surface area contributed by atoms with Crippen LogP contribution in [0.15, 0.2) is 36.5 Å². The van der Waals surface area contributed by atoms with Gasteiger partial charge in [-0.15, -0.1) is 0 Å². The zero-order valence-electron chi connectivity index (χ0n) is 9.98. The lowest BCUT2D eigenvalue weighted by atomic mass is 10.2. The van der Waals surface area contributed by atoms with Crippen molar-refractivity contribution in [2.45, 2.75) is 0 Å². The van der Waals surface area contributed by atoms with Crippen LogP contribution in [0.4, 0.5) is 10.1 Å². The number of ether oxygens (including phenoxy) is 1. The molecule has 0 fully saturated rings. The first-order valence-corrected chi connectivity index (χ1v) is 5.75. The molecule has 2 aromatic rings. The largest absolute Gasteiger partial charge is 0.497 e. The molecule has 2 rings (SSSR count). The predicted molar refractivity (Wildman–Crippen MR) is 70.2 cm³/mol. The van der Waals surface area contributed by atoms with Crippen LogP contribution in [0.1, 0.15) is 10.4 Å². The van der Waals surface area contributed by atoms with Gasteiger partial charge in [-0.3, -0.25) is 4.79 Å². The first-order valence-electron chi connectivity index (χ1n) is 5.37. The van der Waals surface area contributed by atoms with Crippen LogP contribution < -0.4 is 10.1 Å². The van der Waals surface area contributed by atoms with Crippen molar-refractivity contribution in [2.75, 3.05) is 12.4 Å². The Morgan fingerprint density at radius 2 is 2.21 bits per heavy atom. The fraction of sp³-hybridized carbons (Fsp3) is 0.0769. The molecule has 0 atom stereocenters. The Morgan fingerprint density at radius 1 is 1.42 bits per heavy atom. The highest BCUT2D eigenvalue weighted by atomic mass is 35.5. The summed E-state index contributed by atoms with van der Waals surface area (Å²) >= 11 is 5.79. The highest BCUT2D eigenvalue weighted by Crippen LogP contribution is 2.22. The maximum Gasteiger partial charge on any atom is 0.258 e. The molecule has 1 N–H and O–H groups in total. The highest BCUT2D eigenvalue weighted by molar-refractivity contribution is 6.33. The summed E-state index contributed by atoms with van der Waals surface area (Å²) in [5.41, 5.74) is 0.190. The average Bonchev–Trinajstić information content (AvgIpc) is 2.41. The van der Waals surface area contributed by atoms with E-state index in [1.165, 1.54) is 37.6 Å². The molecule has 98 valence electrons. The second-order valence-corrected chi connectivity index (χ2v) is 4.00. The van der Waals surface area contributed by atoms with Crippen molar-refractivity contribution >= 4 is 23.2 Å². The smallest absolute Gasteiger partial charge is 0.258 e. The molecule has 0 saturated heterocycles. The minimum absolute atomic E-state index is 0.0178. The van der Waals surface area contributed by atoms with Gasteiger partial charge >= 0.3 is 0 Å². The van der Waals surface area contributed by atoms with Crippen LogP contribution >= 0.6 is 11.6 Å². The van der Waals surface area contributed by atoms with Crippen LogP contribution in [0.2, 0.25) is 5.15 Å². The molecule has 0 saturated carbocycles. The molecule has 6 heteroatoms. The summed E-state index contributed by atoms with van der Waals surface area (Å²) in [7, 11) is 1.46. The van der Waals surface area contributed by atoms with Crippen molar-refractivity contribution < 1.29 is 13.9 Å². The summed E-state index contributed by atoms with van der Waals surface area (Å²) in [4.78, 5) is 15.7. The number of amides is 1. The van der Waals surface area contributed by atoms with Crippen LogP contribution in [0.25, 0.3) is 0 Å². The van der Waals surface area contributed by atoms with Crippen molar-refractivity contribution in [2.24, 2.45) is 0 Å². The number of hydrogen-bond acceptors (Lipinski definition) is 3. The molecule has 0 bridgehead atoms. The molecule has 0 unspecified atom stereocenters. The SMILES string of the molecule is COc1ccc(F)c(NC(=O)c2cccnc2Cl)c1. The number of rotatable bonds is 3. The van der Waals surface area contributed by atoms with Gasteiger partial charge in [-0.05, 0) is 24.3 Å². The maximum atomic E-state index is 13.6. The predicted octanol–water partition coefficient (Wildman–Crippen LogP) is 3.14. The fourth-order valence-electron chi connectivity index (χ4n) is 1.47. The van der Waals surface area contributed by atoms with E-state index in [0.717, 1.165) is 0 Å². The van der Waals surface area contributed by atoms with Gasteiger partial charge in [-0.1, -0.05) is 11.6 Å². The summed E-state index contributed by atoms with van der Waals surface area (Å²) in [6, 6.07) is 7.13. The zero-order chi connectivity index (χ0) is 13.8. The summed E-state index contributed by atoms with van der Waals surface area (Å²) in [6.07, 6.45) is 1.46. The summed E-state index contributed by atoms with van der Waals surface area (Å²) in [5.74, 6) is -0.659. The van der Waals surface area contributed by atoms with E-state index in [4.69, 9.17) is 16.3 Å². The van der Waals surface area contributed by atoms with Crippen molar-refractivity contribution in [3.05, 3.63) is 53.1 Å². The summed E-state index contributed by atoms with van der Waals surface area (Å²) in [5, 5.41) is 2.48. The Kier molecular flexibility index (Phi) is 3.97. The number of nitrogens with zero attached hydrogens (tertiary/aromatic N) is 1. The molecule has 0 aliphatic rings. The second kappa shape index (κ2) is 5.67. The van der Waals surface area contributed by atoms with Crippen LogP contribution in [0.3, 0.4) is 0 Å². The number of carbonyl (C=O) groups is 1. The normalized spacial score (nSPS) is 10.1. The van der Waals surface area contributed by atoms with Crippen molar-refractivity contribution in [3.63, 3.8) is 0 Å². The lowest BCUT2D eigenvalue weighted by Crippen LogP contribution is -2.14. The molecule has 0 spiro atoms. The van der Waals surface area contributed by atoms with E-state index >= 15 is 0 Å². The molecular formula is C13H10ClFN2O2. The van der Waals surface area contributed by atoms with Crippen LogP contribution in [0, 0.1) is 5.82 Å². The van der Waals surface area contributed by atoms with Crippen LogP contribution in [0.5, 0.6) is 5.75 Å². The lowest BCUT2D eigenvalue weighted by molar-refractivity contribution is 0.102. The molecule has 4 nitrogen and oxygen atoms in total. The summed E-state index contributed by atoms with van der Waals surface area (Å²) in [6.45, 7) is 0. The Balaban J connectivity index is 2.26. The van der Waals surface area contributed by atoms with Crippen molar-refractivity contribution in [1.82, 2.24) is 4.98 Å². The molecule has 0 aliphatic carbocycles. The van der Waals surface area contributed by atoms with Gasteiger partial charge in [0.2, 0.25) is 0 Å². The number of pyridine rings is 1. The first-order chi connectivity index (χ1) is 9.11. The van der Waals surface area contributed by atoms with E-state index in [0.29, 0.717) is 5.75 Å². The Bertz CT molecular complexity index is 619. The van der Waals surface area contributed by atoms with Gasteiger partial charge in [-0.25, -0.2) is 9.37 Å². The number of anilines is 1. The highest BCUT2D eigenvalue weighted by Gasteiger charge is 2.13. The number of methoxy groups -OCH3 is 1. The molecule has 1 amide bonds. The average molecular weight is 281 g/mol. The topological polar surface area (TPSA) is 51.2 Å². The molecule has 19 heavy (non-hydrogen) atoms. The monoisotopic (exact) mass is 280 g/mol. The molecule has 0 aliphatic heterocycles. The third-order valence-electron chi connectivity index (χ3n) is 2.43. The maximum absolute atomic E-state index is 13.6. The molecule has 1 heterocycles. The number of nitrogens with one attached hydrogen (secondary N) is 1. The lowest BCUT2D eigenvalue weighted by Gasteiger charge is -2.08. The minimum atomic E-state index is -0.561. The second-order valence-electron chi connectivity index (χ2n) is 3.64. The Labute approximate surface area is 114 Å². The minimum Gasteiger partial charge on any atom is -0.497 e. The zero-order valence-corrected chi connectivity index (χ0v) is 10.7. The molecule has 1 aromatic heterocycles. The van der Waals surface area contributed by atoms with Crippen LogP contribution in [-0.4, -0.2) is 18.0 Å². The first kappa shape index (κ1) is 13.3. The standard InChI is InChI=1S/C13H10ClFN2O2/c1-19-8-4-5-10(15)11(7-8)17-13(18)9-3-2-6-16-12(9)14/h2-7H,1H3,(H,17,18). The quantitative estimate of drug-likeness (QED) is 0.879. The van der Waals surface area contributed by atoms with E-state index in [9.17, 15) is 9.18 Å².